The van der Waals surface area contributed by atoms with Gasteiger partial charge in [-0.3, -0.25) is 0 Å². The molecule has 0 amide bonds. The third kappa shape index (κ3) is 945. The van der Waals surface area contributed by atoms with Gasteiger partial charge in [0.05, 0.1) is 0 Å². The van der Waals surface area contributed by atoms with Crippen LogP contribution in [0.15, 0.2) is 0 Å². The van der Waals surface area contributed by atoms with Crippen LogP contribution in [0.4, 0.5) is 0 Å². The Morgan fingerprint density at radius 1 is 0.286 bits per heavy atom. The van der Waals surface area contributed by atoms with E-state index in [1.54, 1.807) is 0 Å². The fourth-order valence-electron chi connectivity index (χ4n) is 0. The van der Waals surface area contributed by atoms with E-state index >= 15 is 0 Å². The van der Waals surface area contributed by atoms with Gasteiger partial charge in [-0.2, -0.15) is 0 Å². The van der Waals surface area contributed by atoms with Crippen LogP contribution in [0.1, 0.15) is 0 Å². The summed E-state index contributed by atoms with van der Waals surface area (Å²) in [5.74, 6) is 0. The van der Waals surface area contributed by atoms with Crippen molar-refractivity contribution in [2.24, 2.45) is 0 Å². The second-order valence-electron chi connectivity index (χ2n) is 0. The zero-order valence-electron chi connectivity index (χ0n) is 3.00. The molecule has 0 aromatic heterocycles. The summed E-state index contributed by atoms with van der Waals surface area (Å²) >= 11 is 0. The SMILES string of the molecule is O.O.O.O.O.O.[LiH]. The average Bonchev–Trinajstić information content (AvgIpc) is 0. The zero-order chi connectivity index (χ0) is 0. The average molecular weight is 116 g/mol. The van der Waals surface area contributed by atoms with Gasteiger partial charge in [-0.15, -0.1) is 0 Å². The van der Waals surface area contributed by atoms with Gasteiger partial charge in [0.1, 0.15) is 0 Å². The van der Waals surface area contributed by atoms with E-state index in [1.807, 2.05) is 0 Å². The zero-order valence-corrected chi connectivity index (χ0v) is 3.00. The molecule has 0 aromatic rings. The Balaban J connectivity index is 0. The van der Waals surface area contributed by atoms with Gasteiger partial charge < -0.3 is 32.9 Å². The molecule has 0 saturated heterocycles. The molecule has 0 aliphatic carbocycles. The molecule has 0 aromatic carbocycles. The molecule has 0 saturated carbocycles. The van der Waals surface area contributed by atoms with Crippen molar-refractivity contribution < 1.29 is 32.9 Å². The first-order valence-corrected chi connectivity index (χ1v) is 0. The van der Waals surface area contributed by atoms with E-state index in [2.05, 4.69) is 0 Å². The second-order valence-corrected chi connectivity index (χ2v) is 0. The summed E-state index contributed by atoms with van der Waals surface area (Å²) < 4.78 is 0. The van der Waals surface area contributed by atoms with Crippen molar-refractivity contribution in [1.29, 1.82) is 0 Å². The summed E-state index contributed by atoms with van der Waals surface area (Å²) in [4.78, 5) is 0. The predicted molar refractivity (Wildman–Crippen MR) is 28.8 cm³/mol. The van der Waals surface area contributed by atoms with Gasteiger partial charge in [-0.25, -0.2) is 0 Å². The minimum atomic E-state index is 0. The Bertz CT molecular complexity index is 4.14. The topological polar surface area (TPSA) is 189 Å². The first-order valence-electron chi connectivity index (χ1n) is 0. The Labute approximate surface area is 52.6 Å². The molecule has 0 bridgehead atoms. The van der Waals surface area contributed by atoms with Crippen molar-refractivity contribution in [2.45, 2.75) is 0 Å². The van der Waals surface area contributed by atoms with Gasteiger partial charge in [0.25, 0.3) is 0 Å². The molecule has 7 heavy (non-hydrogen) atoms. The Kier molecular flexibility index (Phi) is 475000. The number of hydrogen-bond donors (Lipinski definition) is 0. The van der Waals surface area contributed by atoms with E-state index in [-0.39, 0.29) is 51.7 Å². The molecule has 0 unspecified atom stereocenters. The van der Waals surface area contributed by atoms with Crippen molar-refractivity contribution in [3.8, 4) is 0 Å². The molecule has 0 fully saturated rings. The first-order chi connectivity index (χ1) is 0. The van der Waals surface area contributed by atoms with Gasteiger partial charge >= 0.3 is 18.9 Å². The summed E-state index contributed by atoms with van der Waals surface area (Å²) in [6.07, 6.45) is 0. The van der Waals surface area contributed by atoms with Gasteiger partial charge in [0.2, 0.25) is 0 Å². The van der Waals surface area contributed by atoms with Crippen LogP contribution in [-0.4, -0.2) is 51.7 Å². The van der Waals surface area contributed by atoms with Crippen LogP contribution in [0.5, 0.6) is 0 Å². The molecule has 0 radical (unpaired) electrons. The van der Waals surface area contributed by atoms with Crippen LogP contribution in [0.3, 0.4) is 0 Å². The van der Waals surface area contributed by atoms with Crippen LogP contribution < -0.4 is 0 Å². The molecule has 0 heterocycles. The van der Waals surface area contributed by atoms with Crippen LogP contribution >= 0.6 is 0 Å². The Morgan fingerprint density at radius 3 is 0.286 bits per heavy atom. The van der Waals surface area contributed by atoms with Gasteiger partial charge in [0, 0.05) is 0 Å². The summed E-state index contributed by atoms with van der Waals surface area (Å²) in [5, 5.41) is 0. The molecule has 0 rings (SSSR count). The Morgan fingerprint density at radius 2 is 0.286 bits per heavy atom. The monoisotopic (exact) mass is 116 g/mol. The maximum absolute atomic E-state index is 0. The standard InChI is InChI=1S/Li.6H2O.H/h;6*1H2;. The summed E-state index contributed by atoms with van der Waals surface area (Å²) in [7, 11) is 0. The van der Waals surface area contributed by atoms with Crippen molar-refractivity contribution in [3.63, 3.8) is 0 Å². The molecule has 6 nitrogen and oxygen atoms in total. The predicted octanol–water partition coefficient (Wildman–Crippen LogP) is -5.60. The summed E-state index contributed by atoms with van der Waals surface area (Å²) in [6.45, 7) is 0. The van der Waals surface area contributed by atoms with E-state index in [1.165, 1.54) is 0 Å². The number of rotatable bonds is 0. The summed E-state index contributed by atoms with van der Waals surface area (Å²) in [6, 6.07) is 0. The first kappa shape index (κ1) is 2330. The van der Waals surface area contributed by atoms with E-state index in [9.17, 15) is 0 Å². The van der Waals surface area contributed by atoms with E-state index in [4.69, 9.17) is 0 Å². The van der Waals surface area contributed by atoms with Crippen LogP contribution in [0, 0.1) is 0 Å². The quantitative estimate of drug-likeness (QED) is 0.273. The van der Waals surface area contributed by atoms with Crippen LogP contribution in [0.2, 0.25) is 0 Å². The minimum absolute atomic E-state index is 0. The van der Waals surface area contributed by atoms with Crippen molar-refractivity contribution in [3.05, 3.63) is 0 Å². The molecule has 0 atom stereocenters. The summed E-state index contributed by atoms with van der Waals surface area (Å²) in [5.41, 5.74) is 0. The van der Waals surface area contributed by atoms with Gasteiger partial charge in [0.15, 0.2) is 0 Å². The van der Waals surface area contributed by atoms with Crippen molar-refractivity contribution >= 4 is 18.9 Å². The molecule has 12 N–H and O–H groups in total. The fraction of sp³-hybridized carbons (Fsp3) is 0. The number of hydrogen-bond acceptors (Lipinski definition) is 0. The third-order valence-electron chi connectivity index (χ3n) is 0. The molecule has 0 aliphatic heterocycles. The van der Waals surface area contributed by atoms with Crippen LogP contribution in [-0.2, 0) is 0 Å². The normalized spacial score (nSPS) is 0. The molecular weight excluding hydrogens is 103 g/mol. The maximum atomic E-state index is 0. The van der Waals surface area contributed by atoms with Gasteiger partial charge in [-0.05, 0) is 0 Å². The second kappa shape index (κ2) is 1430. The van der Waals surface area contributed by atoms with E-state index in [0.717, 1.165) is 0 Å². The van der Waals surface area contributed by atoms with E-state index < -0.39 is 0 Å². The fourth-order valence-corrected chi connectivity index (χ4v) is 0. The van der Waals surface area contributed by atoms with E-state index in [0.29, 0.717) is 0 Å². The van der Waals surface area contributed by atoms with Crippen LogP contribution in [0.25, 0.3) is 0 Å². The Hall–Kier alpha value is 0.357. The van der Waals surface area contributed by atoms with Gasteiger partial charge in [-0.1, -0.05) is 0 Å². The molecule has 7 heteroatoms. The molecule has 0 aliphatic rings. The van der Waals surface area contributed by atoms with Crippen molar-refractivity contribution in [2.75, 3.05) is 0 Å². The molecule has 50 valence electrons. The van der Waals surface area contributed by atoms with Crippen molar-refractivity contribution in [1.82, 2.24) is 0 Å². The third-order valence-corrected chi connectivity index (χ3v) is 0. The molecule has 0 spiro atoms. The molecular formula is H13LiO6.